The maximum Gasteiger partial charge on any atom is 0.121 e. The molecule has 3 aromatic rings. The average molecular weight is 361 g/mol. The highest BCUT2D eigenvalue weighted by Gasteiger charge is 2.04. The SMILES string of the molecule is CC(CNc1cccc(OCCCc2ccccc2)c1)Oc1ccccc1. The monoisotopic (exact) mass is 361 g/mol. The van der Waals surface area contributed by atoms with Crippen LogP contribution in [0, 0.1) is 0 Å². The van der Waals surface area contributed by atoms with Crippen LogP contribution in [0.1, 0.15) is 18.9 Å². The lowest BCUT2D eigenvalue weighted by Gasteiger charge is -2.16. The minimum Gasteiger partial charge on any atom is -0.494 e. The van der Waals surface area contributed by atoms with Crippen molar-refractivity contribution >= 4 is 5.69 Å². The Morgan fingerprint density at radius 1 is 0.815 bits per heavy atom. The summed E-state index contributed by atoms with van der Waals surface area (Å²) in [5, 5.41) is 3.42. The van der Waals surface area contributed by atoms with Gasteiger partial charge >= 0.3 is 0 Å². The molecule has 0 aromatic heterocycles. The first-order valence-electron chi connectivity index (χ1n) is 9.52. The molecule has 0 aliphatic carbocycles. The van der Waals surface area contributed by atoms with Crippen molar-refractivity contribution in [1.29, 1.82) is 0 Å². The van der Waals surface area contributed by atoms with Crippen LogP contribution in [-0.2, 0) is 6.42 Å². The van der Waals surface area contributed by atoms with Crippen LogP contribution in [0.15, 0.2) is 84.9 Å². The summed E-state index contributed by atoms with van der Waals surface area (Å²) in [6.45, 7) is 3.50. The first-order valence-corrected chi connectivity index (χ1v) is 9.52. The molecule has 140 valence electrons. The van der Waals surface area contributed by atoms with E-state index in [1.165, 1.54) is 5.56 Å². The number of ether oxygens (including phenoxy) is 2. The summed E-state index contributed by atoms with van der Waals surface area (Å²) in [6, 6.07) is 28.5. The Morgan fingerprint density at radius 3 is 2.30 bits per heavy atom. The molecule has 0 saturated heterocycles. The Balaban J connectivity index is 1.40. The molecule has 3 aromatic carbocycles. The molecule has 0 saturated carbocycles. The van der Waals surface area contributed by atoms with E-state index in [4.69, 9.17) is 9.47 Å². The van der Waals surface area contributed by atoms with Crippen molar-refractivity contribution in [3.05, 3.63) is 90.5 Å². The minimum atomic E-state index is 0.0721. The molecule has 1 atom stereocenters. The smallest absolute Gasteiger partial charge is 0.121 e. The number of benzene rings is 3. The van der Waals surface area contributed by atoms with Gasteiger partial charge in [-0.25, -0.2) is 0 Å². The van der Waals surface area contributed by atoms with Crippen molar-refractivity contribution in [2.75, 3.05) is 18.5 Å². The highest BCUT2D eigenvalue weighted by Crippen LogP contribution is 2.18. The quantitative estimate of drug-likeness (QED) is 0.478. The fourth-order valence-corrected chi connectivity index (χ4v) is 2.84. The fraction of sp³-hybridized carbons (Fsp3) is 0.250. The summed E-state index contributed by atoms with van der Waals surface area (Å²) in [5.74, 6) is 1.78. The first-order chi connectivity index (χ1) is 13.3. The molecule has 0 heterocycles. The Hall–Kier alpha value is -2.94. The van der Waals surface area contributed by atoms with Crippen LogP contribution in [0.5, 0.6) is 11.5 Å². The van der Waals surface area contributed by atoms with E-state index in [0.717, 1.165) is 36.6 Å². The zero-order chi connectivity index (χ0) is 18.7. The van der Waals surface area contributed by atoms with Gasteiger partial charge in [0.1, 0.15) is 17.6 Å². The summed E-state index contributed by atoms with van der Waals surface area (Å²) < 4.78 is 11.8. The second kappa shape index (κ2) is 10.3. The van der Waals surface area contributed by atoms with Crippen LogP contribution in [0.3, 0.4) is 0 Å². The van der Waals surface area contributed by atoms with Gasteiger partial charge in [0.2, 0.25) is 0 Å². The third-order valence-corrected chi connectivity index (χ3v) is 4.23. The average Bonchev–Trinajstić information content (AvgIpc) is 2.72. The van der Waals surface area contributed by atoms with E-state index in [2.05, 4.69) is 36.5 Å². The van der Waals surface area contributed by atoms with Crippen LogP contribution >= 0.6 is 0 Å². The van der Waals surface area contributed by atoms with Crippen LogP contribution in [0.4, 0.5) is 5.69 Å². The van der Waals surface area contributed by atoms with Gasteiger partial charge < -0.3 is 14.8 Å². The van der Waals surface area contributed by atoms with Gasteiger partial charge in [-0.2, -0.15) is 0 Å². The van der Waals surface area contributed by atoms with Crippen molar-refractivity contribution in [2.45, 2.75) is 25.9 Å². The zero-order valence-corrected chi connectivity index (χ0v) is 15.8. The topological polar surface area (TPSA) is 30.5 Å². The van der Waals surface area contributed by atoms with E-state index >= 15 is 0 Å². The fourth-order valence-electron chi connectivity index (χ4n) is 2.84. The molecule has 3 heteroatoms. The summed E-state index contributed by atoms with van der Waals surface area (Å²) in [4.78, 5) is 0. The predicted molar refractivity (Wildman–Crippen MR) is 112 cm³/mol. The summed E-state index contributed by atoms with van der Waals surface area (Å²) >= 11 is 0. The van der Waals surface area contributed by atoms with Gasteiger partial charge in [0.15, 0.2) is 0 Å². The molecule has 3 nitrogen and oxygen atoms in total. The molecule has 0 aliphatic rings. The van der Waals surface area contributed by atoms with Gasteiger partial charge in [-0.15, -0.1) is 0 Å². The number of anilines is 1. The lowest BCUT2D eigenvalue weighted by Crippen LogP contribution is -2.22. The largest absolute Gasteiger partial charge is 0.494 e. The molecule has 0 radical (unpaired) electrons. The Bertz CT molecular complexity index is 790. The molecule has 0 amide bonds. The van der Waals surface area contributed by atoms with E-state index in [0.29, 0.717) is 6.61 Å². The molecule has 0 spiro atoms. The second-order valence-corrected chi connectivity index (χ2v) is 6.59. The normalized spacial score (nSPS) is 11.6. The van der Waals surface area contributed by atoms with Crippen molar-refractivity contribution in [2.24, 2.45) is 0 Å². The number of hydrogen-bond acceptors (Lipinski definition) is 3. The molecule has 0 bridgehead atoms. The van der Waals surface area contributed by atoms with Crippen molar-refractivity contribution in [3.63, 3.8) is 0 Å². The van der Waals surface area contributed by atoms with E-state index in [9.17, 15) is 0 Å². The molecule has 1 unspecified atom stereocenters. The zero-order valence-electron chi connectivity index (χ0n) is 15.8. The Labute approximate surface area is 162 Å². The molecule has 3 rings (SSSR count). The number of hydrogen-bond donors (Lipinski definition) is 1. The molecule has 0 fully saturated rings. The Morgan fingerprint density at radius 2 is 1.52 bits per heavy atom. The van der Waals surface area contributed by atoms with Crippen LogP contribution in [0.2, 0.25) is 0 Å². The van der Waals surface area contributed by atoms with E-state index in [1.54, 1.807) is 0 Å². The van der Waals surface area contributed by atoms with Crippen LogP contribution in [0.25, 0.3) is 0 Å². The number of nitrogens with one attached hydrogen (secondary N) is 1. The maximum absolute atomic E-state index is 5.90. The molecular weight excluding hydrogens is 334 g/mol. The van der Waals surface area contributed by atoms with Crippen molar-refractivity contribution in [3.8, 4) is 11.5 Å². The van der Waals surface area contributed by atoms with Gasteiger partial charge in [-0.3, -0.25) is 0 Å². The molecule has 1 N–H and O–H groups in total. The van der Waals surface area contributed by atoms with E-state index in [-0.39, 0.29) is 6.10 Å². The van der Waals surface area contributed by atoms with Gasteiger partial charge in [-0.05, 0) is 49.6 Å². The number of aryl methyl sites for hydroxylation is 1. The van der Waals surface area contributed by atoms with Gasteiger partial charge in [0, 0.05) is 11.8 Å². The van der Waals surface area contributed by atoms with Crippen LogP contribution < -0.4 is 14.8 Å². The lowest BCUT2D eigenvalue weighted by atomic mass is 10.1. The minimum absolute atomic E-state index is 0.0721. The lowest BCUT2D eigenvalue weighted by molar-refractivity contribution is 0.234. The summed E-state index contributed by atoms with van der Waals surface area (Å²) in [6.07, 6.45) is 2.11. The molecule has 27 heavy (non-hydrogen) atoms. The predicted octanol–water partition coefficient (Wildman–Crippen LogP) is 5.58. The van der Waals surface area contributed by atoms with Crippen LogP contribution in [-0.4, -0.2) is 19.3 Å². The molecular formula is C24H27NO2. The second-order valence-electron chi connectivity index (χ2n) is 6.59. The number of para-hydroxylation sites is 1. The van der Waals surface area contributed by atoms with E-state index in [1.807, 2.05) is 60.7 Å². The highest BCUT2D eigenvalue weighted by atomic mass is 16.5. The first kappa shape index (κ1) is 18.8. The van der Waals surface area contributed by atoms with Gasteiger partial charge in [0.25, 0.3) is 0 Å². The molecule has 0 aliphatic heterocycles. The number of rotatable bonds is 10. The standard InChI is InChI=1S/C24H27NO2/c1-20(27-23-14-6-3-7-15-23)19-25-22-13-8-16-24(18-22)26-17-9-12-21-10-4-2-5-11-21/h2-8,10-11,13-16,18,20,25H,9,12,17,19H2,1H3. The highest BCUT2D eigenvalue weighted by molar-refractivity contribution is 5.48. The van der Waals surface area contributed by atoms with E-state index < -0.39 is 0 Å². The van der Waals surface area contributed by atoms with Gasteiger partial charge in [-0.1, -0.05) is 54.6 Å². The van der Waals surface area contributed by atoms with Crippen molar-refractivity contribution < 1.29 is 9.47 Å². The third-order valence-electron chi connectivity index (χ3n) is 4.23. The summed E-state index contributed by atoms with van der Waals surface area (Å²) in [7, 11) is 0. The Kier molecular flexibility index (Phi) is 7.16. The van der Waals surface area contributed by atoms with Gasteiger partial charge in [0.05, 0.1) is 13.2 Å². The maximum atomic E-state index is 5.90. The summed E-state index contributed by atoms with van der Waals surface area (Å²) in [5.41, 5.74) is 2.39. The third kappa shape index (κ3) is 6.70. The van der Waals surface area contributed by atoms with Crippen molar-refractivity contribution in [1.82, 2.24) is 0 Å².